The van der Waals surface area contributed by atoms with E-state index in [1.165, 1.54) is 20.0 Å². The van der Waals surface area contributed by atoms with Crippen LogP contribution in [0, 0.1) is 0 Å². The molecule has 16 heavy (non-hydrogen) atoms. The van der Waals surface area contributed by atoms with Crippen LogP contribution in [0.2, 0.25) is 0 Å². The zero-order valence-corrected chi connectivity index (χ0v) is 9.40. The molecule has 1 aliphatic heterocycles. The van der Waals surface area contributed by atoms with Gasteiger partial charge in [0.05, 0.1) is 24.0 Å². The minimum Gasteiger partial charge on any atom is -0.465 e. The van der Waals surface area contributed by atoms with Crippen LogP contribution >= 0.6 is 0 Å². The molecule has 1 heterocycles. The summed E-state index contributed by atoms with van der Waals surface area (Å²) < 4.78 is 4.70. The minimum atomic E-state index is -0.376. The second-order valence-electron chi connectivity index (χ2n) is 3.92. The zero-order valence-electron chi connectivity index (χ0n) is 9.40. The van der Waals surface area contributed by atoms with Gasteiger partial charge in [-0.2, -0.15) is 0 Å². The highest BCUT2D eigenvalue weighted by Gasteiger charge is 2.18. The van der Waals surface area contributed by atoms with Crippen LogP contribution in [0.25, 0.3) is 0 Å². The van der Waals surface area contributed by atoms with Crippen LogP contribution in [0.3, 0.4) is 0 Å². The first-order valence-electron chi connectivity index (χ1n) is 5.46. The lowest BCUT2D eigenvalue weighted by atomic mass is 10.1. The Hall–Kier alpha value is -1.71. The van der Waals surface area contributed by atoms with E-state index in [1.807, 2.05) is 12.1 Å². The summed E-state index contributed by atoms with van der Waals surface area (Å²) in [5.41, 5.74) is 7.92. The number of ether oxygens (including phenoxy) is 1. The number of anilines is 2. The molecule has 0 bridgehead atoms. The normalized spacial score (nSPS) is 15.2. The Morgan fingerprint density at radius 2 is 2.06 bits per heavy atom. The van der Waals surface area contributed by atoms with Gasteiger partial charge >= 0.3 is 5.97 Å². The van der Waals surface area contributed by atoms with Gasteiger partial charge in [-0.25, -0.2) is 4.79 Å². The number of nitrogen functional groups attached to an aromatic ring is 1. The molecule has 1 fully saturated rings. The number of nitrogens with zero attached hydrogens (tertiary/aromatic N) is 1. The van der Waals surface area contributed by atoms with E-state index < -0.39 is 0 Å². The Balaban J connectivity index is 2.35. The van der Waals surface area contributed by atoms with E-state index in [1.54, 1.807) is 6.07 Å². The highest BCUT2D eigenvalue weighted by atomic mass is 16.5. The van der Waals surface area contributed by atoms with Crippen LogP contribution in [0.15, 0.2) is 18.2 Å². The van der Waals surface area contributed by atoms with Gasteiger partial charge in [-0.3, -0.25) is 0 Å². The molecule has 0 atom stereocenters. The van der Waals surface area contributed by atoms with Crippen molar-refractivity contribution in [3.63, 3.8) is 0 Å². The molecule has 86 valence electrons. The molecule has 4 nitrogen and oxygen atoms in total. The second-order valence-corrected chi connectivity index (χ2v) is 3.92. The fourth-order valence-corrected chi connectivity index (χ4v) is 2.07. The predicted octanol–water partition coefficient (Wildman–Crippen LogP) is 1.66. The standard InChI is InChI=1S/C12H16N2O2/c1-16-12(15)9-5-4-6-10(11(9)13)14-7-2-3-8-14/h4-6H,2-3,7-8,13H2,1H3. The van der Waals surface area contributed by atoms with Gasteiger partial charge in [0.2, 0.25) is 0 Å². The first-order chi connectivity index (χ1) is 7.74. The molecule has 0 amide bonds. The molecule has 0 aliphatic carbocycles. The Bertz CT molecular complexity index is 398. The highest BCUT2D eigenvalue weighted by Crippen LogP contribution is 2.29. The Morgan fingerprint density at radius 1 is 1.38 bits per heavy atom. The number of carbonyl (C=O) groups excluding carboxylic acids is 1. The summed E-state index contributed by atoms with van der Waals surface area (Å²) in [5.74, 6) is -0.376. The van der Waals surface area contributed by atoms with E-state index in [0.717, 1.165) is 18.8 Å². The van der Waals surface area contributed by atoms with E-state index in [9.17, 15) is 4.79 Å². The molecular weight excluding hydrogens is 204 g/mol. The van der Waals surface area contributed by atoms with Gasteiger partial charge in [0.15, 0.2) is 0 Å². The lowest BCUT2D eigenvalue weighted by Crippen LogP contribution is -2.20. The third-order valence-corrected chi connectivity index (χ3v) is 2.94. The number of para-hydroxylation sites is 1. The molecule has 0 radical (unpaired) electrons. The maximum absolute atomic E-state index is 11.5. The molecular formula is C12H16N2O2. The fourth-order valence-electron chi connectivity index (χ4n) is 2.07. The van der Waals surface area contributed by atoms with Gasteiger partial charge in [0.1, 0.15) is 0 Å². The zero-order chi connectivity index (χ0) is 11.5. The maximum Gasteiger partial charge on any atom is 0.340 e. The molecule has 0 saturated carbocycles. The first-order valence-corrected chi connectivity index (χ1v) is 5.46. The largest absolute Gasteiger partial charge is 0.465 e. The molecule has 0 aromatic heterocycles. The first kappa shape index (κ1) is 10.8. The summed E-state index contributed by atoms with van der Waals surface area (Å²) in [5, 5.41) is 0. The Kier molecular flexibility index (Phi) is 2.99. The van der Waals surface area contributed by atoms with Crippen LogP contribution in [0.5, 0.6) is 0 Å². The summed E-state index contributed by atoms with van der Waals surface area (Å²) >= 11 is 0. The lowest BCUT2D eigenvalue weighted by molar-refractivity contribution is 0.0602. The van der Waals surface area contributed by atoms with E-state index in [-0.39, 0.29) is 5.97 Å². The number of nitrogens with two attached hydrogens (primary N) is 1. The van der Waals surface area contributed by atoms with Crippen molar-refractivity contribution in [2.45, 2.75) is 12.8 Å². The molecule has 2 rings (SSSR count). The van der Waals surface area contributed by atoms with Crippen LogP contribution < -0.4 is 10.6 Å². The predicted molar refractivity (Wildman–Crippen MR) is 63.6 cm³/mol. The van der Waals surface area contributed by atoms with Gasteiger partial charge in [0, 0.05) is 13.1 Å². The molecule has 1 aromatic carbocycles. The SMILES string of the molecule is COC(=O)c1cccc(N2CCCC2)c1N. The van der Waals surface area contributed by atoms with E-state index in [2.05, 4.69) is 4.90 Å². The number of hydrogen-bond acceptors (Lipinski definition) is 4. The smallest absolute Gasteiger partial charge is 0.340 e. The van der Waals surface area contributed by atoms with E-state index in [0.29, 0.717) is 11.3 Å². The third kappa shape index (κ3) is 1.83. The van der Waals surface area contributed by atoms with E-state index in [4.69, 9.17) is 10.5 Å². The van der Waals surface area contributed by atoms with Gasteiger partial charge in [0.25, 0.3) is 0 Å². The van der Waals surface area contributed by atoms with Crippen LogP contribution in [0.1, 0.15) is 23.2 Å². The van der Waals surface area contributed by atoms with Gasteiger partial charge < -0.3 is 15.4 Å². The number of rotatable bonds is 2. The molecule has 1 aromatic rings. The van der Waals surface area contributed by atoms with Crippen LogP contribution in [0.4, 0.5) is 11.4 Å². The molecule has 1 aliphatic rings. The highest BCUT2D eigenvalue weighted by molar-refractivity contribution is 5.98. The molecule has 4 heteroatoms. The third-order valence-electron chi connectivity index (χ3n) is 2.94. The number of methoxy groups -OCH3 is 1. The molecule has 2 N–H and O–H groups in total. The average molecular weight is 220 g/mol. The van der Waals surface area contributed by atoms with Gasteiger partial charge in [-0.15, -0.1) is 0 Å². The molecule has 0 unspecified atom stereocenters. The molecule has 0 spiro atoms. The van der Waals surface area contributed by atoms with Crippen molar-refractivity contribution in [2.75, 3.05) is 30.8 Å². The Labute approximate surface area is 95.0 Å². The number of benzene rings is 1. The topological polar surface area (TPSA) is 55.6 Å². The summed E-state index contributed by atoms with van der Waals surface area (Å²) in [7, 11) is 1.37. The minimum absolute atomic E-state index is 0.376. The van der Waals surface area contributed by atoms with Crippen molar-refractivity contribution in [1.82, 2.24) is 0 Å². The van der Waals surface area contributed by atoms with Crippen LogP contribution in [-0.2, 0) is 4.74 Å². The second kappa shape index (κ2) is 4.43. The number of hydrogen-bond donors (Lipinski definition) is 1. The average Bonchev–Trinajstić information content (AvgIpc) is 2.82. The summed E-state index contributed by atoms with van der Waals surface area (Å²) in [6.45, 7) is 2.02. The summed E-state index contributed by atoms with van der Waals surface area (Å²) in [4.78, 5) is 13.7. The fraction of sp³-hybridized carbons (Fsp3) is 0.417. The Morgan fingerprint density at radius 3 is 2.69 bits per heavy atom. The van der Waals surface area contributed by atoms with Crippen molar-refractivity contribution in [1.29, 1.82) is 0 Å². The van der Waals surface area contributed by atoms with Gasteiger partial charge in [-0.05, 0) is 25.0 Å². The van der Waals surface area contributed by atoms with Gasteiger partial charge in [-0.1, -0.05) is 6.07 Å². The monoisotopic (exact) mass is 220 g/mol. The quantitative estimate of drug-likeness (QED) is 0.608. The number of carbonyl (C=O) groups is 1. The summed E-state index contributed by atoms with van der Waals surface area (Å²) in [6.07, 6.45) is 2.36. The summed E-state index contributed by atoms with van der Waals surface area (Å²) in [6, 6.07) is 5.49. The van der Waals surface area contributed by atoms with Crippen molar-refractivity contribution in [3.05, 3.63) is 23.8 Å². The van der Waals surface area contributed by atoms with E-state index >= 15 is 0 Å². The van der Waals surface area contributed by atoms with Crippen molar-refractivity contribution in [2.24, 2.45) is 0 Å². The lowest BCUT2D eigenvalue weighted by Gasteiger charge is -2.20. The van der Waals surface area contributed by atoms with Crippen molar-refractivity contribution < 1.29 is 9.53 Å². The van der Waals surface area contributed by atoms with Crippen molar-refractivity contribution in [3.8, 4) is 0 Å². The van der Waals surface area contributed by atoms with Crippen LogP contribution in [-0.4, -0.2) is 26.2 Å². The number of esters is 1. The van der Waals surface area contributed by atoms with Crippen molar-refractivity contribution >= 4 is 17.3 Å². The molecule has 1 saturated heterocycles. The maximum atomic E-state index is 11.5.